The van der Waals surface area contributed by atoms with Gasteiger partial charge in [0.1, 0.15) is 22.8 Å². The monoisotopic (exact) mass is 465 g/mol. The van der Waals surface area contributed by atoms with Gasteiger partial charge in [-0.1, -0.05) is 20.3 Å². The minimum absolute atomic E-state index is 0. The summed E-state index contributed by atoms with van der Waals surface area (Å²) in [6.45, 7) is 5.84. The molecule has 4 rings (SSSR count). The van der Waals surface area contributed by atoms with Crippen molar-refractivity contribution >= 4 is 17.6 Å². The summed E-state index contributed by atoms with van der Waals surface area (Å²) in [6, 6.07) is 7.68. The smallest absolute Gasteiger partial charge is 0.298 e. The van der Waals surface area contributed by atoms with E-state index in [2.05, 4.69) is 24.1 Å². The quantitative estimate of drug-likeness (QED) is 0.636. The van der Waals surface area contributed by atoms with Crippen LogP contribution in [0, 0.1) is 17.3 Å². The molecule has 0 radical (unpaired) electrons. The van der Waals surface area contributed by atoms with Gasteiger partial charge in [-0.05, 0) is 68.2 Å². The number of hydrogen-bond donors (Lipinski definition) is 2. The van der Waals surface area contributed by atoms with E-state index < -0.39 is 0 Å². The largest absolute Gasteiger partial charge is 0.494 e. The fourth-order valence-corrected chi connectivity index (χ4v) is 4.95. The van der Waals surface area contributed by atoms with Gasteiger partial charge in [0.2, 0.25) is 0 Å². The molecule has 1 aliphatic heterocycles. The van der Waals surface area contributed by atoms with Gasteiger partial charge >= 0.3 is 0 Å². The van der Waals surface area contributed by atoms with Crippen molar-refractivity contribution in [1.29, 1.82) is 0 Å². The van der Waals surface area contributed by atoms with Crippen LogP contribution in [-0.4, -0.2) is 53.2 Å². The molecule has 3 N–H and O–H groups in total. The van der Waals surface area contributed by atoms with E-state index in [4.69, 9.17) is 15.6 Å². The van der Waals surface area contributed by atoms with E-state index in [-0.39, 0.29) is 30.7 Å². The zero-order valence-corrected chi connectivity index (χ0v) is 19.5. The number of anilines is 1. The average Bonchev–Trinajstić information content (AvgIpc) is 3.39. The van der Waals surface area contributed by atoms with E-state index in [0.717, 1.165) is 43.5 Å². The summed E-state index contributed by atoms with van der Waals surface area (Å²) in [7, 11) is 1.59. The van der Waals surface area contributed by atoms with Crippen molar-refractivity contribution in [1.82, 2.24) is 20.0 Å². The number of aromatic nitrogens is 2. The van der Waals surface area contributed by atoms with Gasteiger partial charge in [-0.3, -0.25) is 9.59 Å². The fourth-order valence-electron chi connectivity index (χ4n) is 4.95. The standard InChI is InChI=1S/C25H31N5O3.CH4/c1-4-6-20(31)29-12-11-25(16-29)14-18(15-25)30-23(26)21(24(32)27-3)22(28-30)17-7-9-19(10-8-17)33-13-5-2;/h7-10,18H,5,11-16,26H2,1-3H3,(H,27,32);1H4. The zero-order valence-electron chi connectivity index (χ0n) is 19.5. The van der Waals surface area contributed by atoms with Gasteiger partial charge in [0.25, 0.3) is 11.8 Å². The first-order chi connectivity index (χ1) is 15.9. The first-order valence-electron chi connectivity index (χ1n) is 11.5. The second-order valence-electron chi connectivity index (χ2n) is 8.92. The molecule has 1 saturated carbocycles. The van der Waals surface area contributed by atoms with Crippen molar-refractivity contribution in [2.75, 3.05) is 32.5 Å². The number of nitrogen functional groups attached to an aromatic ring is 1. The zero-order chi connectivity index (χ0) is 23.6. The molecule has 0 unspecified atom stereocenters. The summed E-state index contributed by atoms with van der Waals surface area (Å²) in [6.07, 6.45) is 3.64. The van der Waals surface area contributed by atoms with Gasteiger partial charge in [0.05, 0.1) is 12.6 Å². The third kappa shape index (κ3) is 4.60. The number of carbonyl (C=O) groups is 2. The Morgan fingerprint density at radius 3 is 2.62 bits per heavy atom. The lowest BCUT2D eigenvalue weighted by atomic mass is 9.65. The van der Waals surface area contributed by atoms with Crippen LogP contribution < -0.4 is 15.8 Å². The molecule has 2 fully saturated rings. The Labute approximate surface area is 201 Å². The molecule has 0 atom stereocenters. The van der Waals surface area contributed by atoms with Crippen molar-refractivity contribution in [3.63, 3.8) is 0 Å². The number of hydrogen-bond acceptors (Lipinski definition) is 5. The Balaban J connectivity index is 0.00000324. The second kappa shape index (κ2) is 10.2. The number of benzene rings is 1. The fraction of sp³-hybridized carbons (Fsp3) is 0.500. The Hall–Kier alpha value is -3.47. The maximum atomic E-state index is 12.7. The van der Waals surface area contributed by atoms with E-state index in [9.17, 15) is 9.59 Å². The second-order valence-corrected chi connectivity index (χ2v) is 8.92. The maximum Gasteiger partial charge on any atom is 0.298 e. The highest BCUT2D eigenvalue weighted by Crippen LogP contribution is 2.54. The highest BCUT2D eigenvalue weighted by atomic mass is 16.5. The van der Waals surface area contributed by atoms with Crippen LogP contribution in [0.2, 0.25) is 0 Å². The molecular formula is C26H35N5O3. The SMILES string of the molecule is C.CC#CC(=O)N1CCC2(CC(n3nc(-c4ccc(OCCC)cc4)c(C(=O)NC)c3N)C2)C1. The molecule has 2 amide bonds. The maximum absolute atomic E-state index is 12.7. The van der Waals surface area contributed by atoms with Crippen molar-refractivity contribution in [2.24, 2.45) is 5.41 Å². The van der Waals surface area contributed by atoms with Crippen LogP contribution in [0.25, 0.3) is 11.3 Å². The van der Waals surface area contributed by atoms with Crippen molar-refractivity contribution in [2.45, 2.75) is 53.0 Å². The van der Waals surface area contributed by atoms with E-state index in [0.29, 0.717) is 30.2 Å². The van der Waals surface area contributed by atoms with E-state index in [1.54, 1.807) is 18.7 Å². The van der Waals surface area contributed by atoms with Crippen LogP contribution in [0.15, 0.2) is 24.3 Å². The van der Waals surface area contributed by atoms with E-state index >= 15 is 0 Å². The van der Waals surface area contributed by atoms with Crippen molar-refractivity contribution in [3.05, 3.63) is 29.8 Å². The van der Waals surface area contributed by atoms with Crippen LogP contribution in [0.4, 0.5) is 5.82 Å². The van der Waals surface area contributed by atoms with Crippen molar-refractivity contribution < 1.29 is 14.3 Å². The minimum Gasteiger partial charge on any atom is -0.494 e. The highest BCUT2D eigenvalue weighted by Gasteiger charge is 2.51. The van der Waals surface area contributed by atoms with E-state index in [1.807, 2.05) is 29.2 Å². The Kier molecular flexibility index (Phi) is 7.55. The molecule has 2 heterocycles. The lowest BCUT2D eigenvalue weighted by Gasteiger charge is -2.45. The summed E-state index contributed by atoms with van der Waals surface area (Å²) >= 11 is 0. The van der Waals surface area contributed by atoms with Crippen LogP contribution in [0.5, 0.6) is 5.75 Å². The molecule has 0 bridgehead atoms. The number of nitrogens with two attached hydrogens (primary N) is 1. The number of carbonyl (C=O) groups excluding carboxylic acids is 2. The first-order valence-corrected chi connectivity index (χ1v) is 11.5. The third-order valence-corrected chi connectivity index (χ3v) is 6.64. The predicted molar refractivity (Wildman–Crippen MR) is 133 cm³/mol. The number of amides is 2. The van der Waals surface area contributed by atoms with Gasteiger partial charge in [0, 0.05) is 25.7 Å². The van der Waals surface area contributed by atoms with Crippen molar-refractivity contribution in [3.8, 4) is 28.8 Å². The summed E-state index contributed by atoms with van der Waals surface area (Å²) in [4.78, 5) is 26.7. The Bertz CT molecular complexity index is 1100. The van der Waals surface area contributed by atoms with E-state index in [1.165, 1.54) is 0 Å². The average molecular weight is 466 g/mol. The number of rotatable bonds is 6. The lowest BCUT2D eigenvalue weighted by Crippen LogP contribution is -2.42. The Morgan fingerprint density at radius 2 is 2.00 bits per heavy atom. The van der Waals surface area contributed by atoms with Crippen LogP contribution in [0.3, 0.4) is 0 Å². The lowest BCUT2D eigenvalue weighted by molar-refractivity contribution is -0.125. The van der Waals surface area contributed by atoms with Gasteiger partial charge in [0.15, 0.2) is 0 Å². The van der Waals surface area contributed by atoms with Crippen LogP contribution in [-0.2, 0) is 4.79 Å². The molecule has 1 aliphatic carbocycles. The molecule has 1 spiro atoms. The number of likely N-dealkylation sites (tertiary alicyclic amines) is 1. The topological polar surface area (TPSA) is 102 Å². The van der Waals surface area contributed by atoms with Gasteiger partial charge < -0.3 is 20.7 Å². The number of nitrogens with zero attached hydrogens (tertiary/aromatic N) is 3. The highest BCUT2D eigenvalue weighted by molar-refractivity contribution is 6.04. The molecule has 182 valence electrons. The minimum atomic E-state index is -0.259. The molecular weight excluding hydrogens is 430 g/mol. The van der Waals surface area contributed by atoms with Gasteiger partial charge in [-0.25, -0.2) is 4.68 Å². The Morgan fingerprint density at radius 1 is 1.29 bits per heavy atom. The number of nitrogens with one attached hydrogen (secondary N) is 1. The predicted octanol–water partition coefficient (Wildman–Crippen LogP) is 3.49. The summed E-state index contributed by atoms with van der Waals surface area (Å²) < 4.78 is 7.46. The molecule has 2 aliphatic rings. The molecule has 1 aromatic heterocycles. The van der Waals surface area contributed by atoms with Gasteiger partial charge in [-0.2, -0.15) is 5.10 Å². The normalized spacial score (nSPS) is 20.7. The molecule has 8 nitrogen and oxygen atoms in total. The molecule has 8 heteroatoms. The first kappa shape index (κ1) is 25.2. The molecule has 1 saturated heterocycles. The summed E-state index contributed by atoms with van der Waals surface area (Å²) in [5.41, 5.74) is 8.31. The summed E-state index contributed by atoms with van der Waals surface area (Å²) in [5, 5.41) is 7.47. The molecule has 34 heavy (non-hydrogen) atoms. The van der Waals surface area contributed by atoms with Crippen LogP contribution in [0.1, 0.15) is 63.4 Å². The molecule has 2 aromatic rings. The number of ether oxygens (including phenoxy) is 1. The third-order valence-electron chi connectivity index (χ3n) is 6.64. The van der Waals surface area contributed by atoms with Gasteiger partial charge in [-0.15, -0.1) is 0 Å². The molecule has 1 aromatic carbocycles. The van der Waals surface area contributed by atoms with Crippen LogP contribution >= 0.6 is 0 Å². The summed E-state index contributed by atoms with van der Waals surface area (Å²) in [5.74, 6) is 6.11.